The van der Waals surface area contributed by atoms with Crippen LogP contribution in [0.2, 0.25) is 0 Å². The molecule has 2 N–H and O–H groups in total. The highest BCUT2D eigenvalue weighted by atomic mass is 16.2. The Morgan fingerprint density at radius 1 is 1.53 bits per heavy atom. The van der Waals surface area contributed by atoms with E-state index in [9.17, 15) is 9.59 Å². The van der Waals surface area contributed by atoms with Gasteiger partial charge < -0.3 is 5.73 Å². The first-order valence-electron chi connectivity index (χ1n) is 4.72. The number of nitrogens with two attached hydrogens (primary N) is 1. The number of carbonyl (C=O) groups is 2. The monoisotopic (exact) mass is 231 g/mol. The maximum atomic E-state index is 12.0. The van der Waals surface area contributed by atoms with Crippen molar-refractivity contribution in [2.75, 3.05) is 0 Å². The molecule has 0 saturated heterocycles. The van der Waals surface area contributed by atoms with Crippen LogP contribution in [-0.2, 0) is 0 Å². The highest BCUT2D eigenvalue weighted by Gasteiger charge is 2.13. The third-order valence-corrected chi connectivity index (χ3v) is 2.09. The van der Waals surface area contributed by atoms with Crippen molar-refractivity contribution in [2.45, 2.75) is 0 Å². The fraction of sp³-hybridized carbons (Fsp3) is 0. The number of nitrogens with zero attached hydrogens (tertiary/aromatic N) is 4. The molecule has 0 amide bonds. The summed E-state index contributed by atoms with van der Waals surface area (Å²) in [6.45, 7) is 0. The molecule has 0 unspecified atom stereocenters. The number of aromatic nitrogens is 3. The second-order valence-electron chi connectivity index (χ2n) is 3.14. The smallest absolute Gasteiger partial charge is 0.296 e. The van der Waals surface area contributed by atoms with E-state index in [1.807, 2.05) is 0 Å². The Bertz CT molecular complexity index is 581. The summed E-state index contributed by atoms with van der Waals surface area (Å²) in [6.07, 6.45) is 5.94. The Morgan fingerprint density at radius 3 is 3.00 bits per heavy atom. The first-order valence-corrected chi connectivity index (χ1v) is 4.72. The van der Waals surface area contributed by atoms with Gasteiger partial charge in [0.15, 0.2) is 6.29 Å². The number of rotatable bonds is 3. The zero-order valence-corrected chi connectivity index (χ0v) is 8.72. The van der Waals surface area contributed by atoms with E-state index in [4.69, 9.17) is 5.73 Å². The summed E-state index contributed by atoms with van der Waals surface area (Å²) in [5.41, 5.74) is 5.79. The van der Waals surface area contributed by atoms with E-state index in [0.717, 1.165) is 11.0 Å². The fourth-order valence-corrected chi connectivity index (χ4v) is 1.34. The van der Waals surface area contributed by atoms with Crippen LogP contribution in [0.25, 0.3) is 0 Å². The van der Waals surface area contributed by atoms with Crippen molar-refractivity contribution in [3.63, 3.8) is 0 Å². The van der Waals surface area contributed by atoms with Gasteiger partial charge in [-0.3, -0.25) is 9.59 Å². The van der Waals surface area contributed by atoms with Gasteiger partial charge in [0.1, 0.15) is 12.0 Å². The van der Waals surface area contributed by atoms with E-state index in [0.29, 0.717) is 17.5 Å². The Hall–Kier alpha value is -2.70. The molecule has 2 heterocycles. The molecule has 0 aliphatic carbocycles. The second kappa shape index (κ2) is 4.44. The summed E-state index contributed by atoms with van der Waals surface area (Å²) in [5.74, 6) is -0.395. The molecule has 7 nitrogen and oxygen atoms in total. The Balaban J connectivity index is 2.36. The number of hydrogen-bond acceptors (Lipinski definition) is 4. The zero-order chi connectivity index (χ0) is 12.3. The maximum absolute atomic E-state index is 12.0. The third kappa shape index (κ3) is 1.98. The van der Waals surface area contributed by atoms with Crippen LogP contribution in [0.4, 0.5) is 0 Å². The van der Waals surface area contributed by atoms with Crippen molar-refractivity contribution in [3.05, 3.63) is 42.0 Å². The maximum Gasteiger partial charge on any atom is 0.296 e. The van der Waals surface area contributed by atoms with Gasteiger partial charge in [-0.05, 0) is 12.1 Å². The minimum absolute atomic E-state index is 0.298. The molecule has 0 aliphatic heterocycles. The second-order valence-corrected chi connectivity index (χ2v) is 3.14. The summed E-state index contributed by atoms with van der Waals surface area (Å²) in [7, 11) is 0. The van der Waals surface area contributed by atoms with Crippen LogP contribution in [0.1, 0.15) is 20.8 Å². The molecule has 0 aliphatic rings. The normalized spacial score (nSPS) is 10.8. The molecule has 7 heteroatoms. The number of hydrogen-bond donors (Lipinski definition) is 1. The van der Waals surface area contributed by atoms with E-state index < -0.39 is 5.91 Å². The fourth-order valence-electron chi connectivity index (χ4n) is 1.34. The first-order chi connectivity index (χ1) is 8.26. The molecule has 0 bridgehead atoms. The molecule has 17 heavy (non-hydrogen) atoms. The quantitative estimate of drug-likeness (QED) is 0.454. The van der Waals surface area contributed by atoms with E-state index in [2.05, 4.69) is 10.2 Å². The lowest BCUT2D eigenvalue weighted by Gasteiger charge is -2.01. The summed E-state index contributed by atoms with van der Waals surface area (Å²) in [4.78, 5) is 22.5. The average Bonchev–Trinajstić information content (AvgIpc) is 2.97. The Labute approximate surface area is 96.1 Å². The van der Waals surface area contributed by atoms with Crippen molar-refractivity contribution in [1.82, 2.24) is 14.5 Å². The molecule has 0 atom stereocenters. The van der Waals surface area contributed by atoms with Crippen molar-refractivity contribution in [2.24, 2.45) is 10.8 Å². The molecule has 0 spiro atoms. The highest BCUT2D eigenvalue weighted by molar-refractivity contribution is 5.94. The van der Waals surface area contributed by atoms with Crippen LogP contribution in [0, 0.1) is 0 Å². The lowest BCUT2D eigenvalue weighted by Crippen LogP contribution is -2.16. The van der Waals surface area contributed by atoms with Crippen molar-refractivity contribution >= 4 is 18.5 Å². The van der Waals surface area contributed by atoms with Gasteiger partial charge in [-0.2, -0.15) is 10.2 Å². The Morgan fingerprint density at radius 2 is 2.35 bits per heavy atom. The largest absolute Gasteiger partial charge is 0.388 e. The van der Waals surface area contributed by atoms with Crippen LogP contribution in [-0.4, -0.2) is 33.0 Å². The van der Waals surface area contributed by atoms with Gasteiger partial charge in [-0.1, -0.05) is 0 Å². The average molecular weight is 231 g/mol. The van der Waals surface area contributed by atoms with Gasteiger partial charge in [-0.25, -0.2) is 9.36 Å². The summed E-state index contributed by atoms with van der Waals surface area (Å²) >= 11 is 0. The van der Waals surface area contributed by atoms with Crippen molar-refractivity contribution in [3.8, 4) is 0 Å². The van der Waals surface area contributed by atoms with Gasteiger partial charge in [0.05, 0.1) is 11.8 Å². The van der Waals surface area contributed by atoms with E-state index in [-0.39, 0.29) is 0 Å². The van der Waals surface area contributed by atoms with E-state index >= 15 is 0 Å². The number of aldehydes is 1. The molecule has 0 aromatic carbocycles. The highest BCUT2D eigenvalue weighted by Crippen LogP contribution is 2.05. The van der Waals surface area contributed by atoms with E-state index in [1.54, 1.807) is 18.3 Å². The minimum Gasteiger partial charge on any atom is -0.388 e. The predicted octanol–water partition coefficient (Wildman–Crippen LogP) is -0.0643. The molecular weight excluding hydrogens is 222 g/mol. The van der Waals surface area contributed by atoms with E-state index in [1.165, 1.54) is 17.1 Å². The number of carbonyl (C=O) groups excluding carboxylic acids is 2. The molecule has 0 saturated carbocycles. The molecule has 2 aromatic rings. The van der Waals surface area contributed by atoms with Crippen molar-refractivity contribution in [1.29, 1.82) is 0 Å². The molecule has 2 rings (SSSR count). The first kappa shape index (κ1) is 10.8. The lowest BCUT2D eigenvalue weighted by molar-refractivity contribution is 0.0936. The molecule has 2 aromatic heterocycles. The third-order valence-electron chi connectivity index (χ3n) is 2.09. The summed E-state index contributed by atoms with van der Waals surface area (Å²) in [5, 5.41) is 7.56. The van der Waals surface area contributed by atoms with Gasteiger partial charge in [0.2, 0.25) is 0 Å². The van der Waals surface area contributed by atoms with Crippen LogP contribution in [0.5, 0.6) is 0 Å². The standard InChI is InChI=1S/C10H9N5O2/c11-7-13-14-3-1-2-9(14)10(17)15-5-8(6-16)4-12-15/h1-7H,(H2,11,13). The molecule has 0 fully saturated rings. The van der Waals surface area contributed by atoms with Gasteiger partial charge in [0.25, 0.3) is 5.91 Å². The minimum atomic E-state index is -0.395. The predicted molar refractivity (Wildman–Crippen MR) is 59.9 cm³/mol. The zero-order valence-electron chi connectivity index (χ0n) is 8.72. The van der Waals surface area contributed by atoms with Crippen LogP contribution in [0.15, 0.2) is 35.8 Å². The van der Waals surface area contributed by atoms with Gasteiger partial charge >= 0.3 is 0 Å². The SMILES string of the molecule is N/C=N\n1cccc1C(=O)n1cc(C=O)cn1. The van der Waals surface area contributed by atoms with Crippen molar-refractivity contribution < 1.29 is 9.59 Å². The molecule has 0 radical (unpaired) electrons. The topological polar surface area (TPSA) is 95.3 Å². The van der Waals surface area contributed by atoms with Crippen LogP contribution >= 0.6 is 0 Å². The molecule has 86 valence electrons. The lowest BCUT2D eigenvalue weighted by atomic mass is 10.4. The van der Waals surface area contributed by atoms with Crippen LogP contribution < -0.4 is 5.73 Å². The summed E-state index contributed by atoms with van der Waals surface area (Å²) < 4.78 is 2.40. The summed E-state index contributed by atoms with van der Waals surface area (Å²) in [6, 6.07) is 3.24. The Kier molecular flexibility index (Phi) is 2.82. The van der Waals surface area contributed by atoms with Gasteiger partial charge in [-0.15, -0.1) is 0 Å². The van der Waals surface area contributed by atoms with Crippen LogP contribution in [0.3, 0.4) is 0 Å². The van der Waals surface area contributed by atoms with Gasteiger partial charge in [0, 0.05) is 12.4 Å². The molecular formula is C10H9N5O2.